The molecule has 2 aromatic carbocycles. The zero-order valence-corrected chi connectivity index (χ0v) is 17.0. The summed E-state index contributed by atoms with van der Waals surface area (Å²) in [5.74, 6) is -0.458. The molecule has 0 spiro atoms. The first-order valence-electron chi connectivity index (χ1n) is 9.45. The van der Waals surface area contributed by atoms with Crippen LogP contribution in [0.4, 0.5) is 17.1 Å². The fourth-order valence-corrected chi connectivity index (χ4v) is 3.38. The first kappa shape index (κ1) is 21.7. The van der Waals surface area contributed by atoms with Gasteiger partial charge in [0.15, 0.2) is 0 Å². The molecule has 0 aromatic heterocycles. The van der Waals surface area contributed by atoms with E-state index in [9.17, 15) is 19.7 Å². The van der Waals surface area contributed by atoms with E-state index in [0.717, 1.165) is 0 Å². The van der Waals surface area contributed by atoms with Gasteiger partial charge < -0.3 is 10.6 Å². The third-order valence-electron chi connectivity index (χ3n) is 4.72. The number of amides is 2. The molecule has 0 radical (unpaired) electrons. The molecule has 1 fully saturated rings. The summed E-state index contributed by atoms with van der Waals surface area (Å²) in [4.78, 5) is 39.0. The molecule has 0 atom stereocenters. The third kappa shape index (κ3) is 5.99. The van der Waals surface area contributed by atoms with Crippen LogP contribution >= 0.6 is 11.6 Å². The van der Waals surface area contributed by atoms with E-state index in [0.29, 0.717) is 36.9 Å². The second kappa shape index (κ2) is 10.1. The number of nitro groups is 1. The summed E-state index contributed by atoms with van der Waals surface area (Å²) < 4.78 is 0. The van der Waals surface area contributed by atoms with E-state index in [1.807, 2.05) is 9.80 Å². The molecule has 1 aliphatic rings. The molecule has 158 valence electrons. The maximum atomic E-state index is 12.3. The number of carbonyl (C=O) groups is 2. The summed E-state index contributed by atoms with van der Waals surface area (Å²) in [5.41, 5.74) is 0.622. The van der Waals surface area contributed by atoms with Crippen LogP contribution in [0, 0.1) is 10.1 Å². The van der Waals surface area contributed by atoms with Crippen molar-refractivity contribution in [3.05, 3.63) is 63.7 Å². The molecular weight excluding hydrogens is 410 g/mol. The number of carbonyl (C=O) groups excluding carboxylic acids is 2. The molecule has 10 heteroatoms. The molecule has 1 aliphatic heterocycles. The minimum Gasteiger partial charge on any atom is -0.324 e. The number of nitrogens with one attached hydrogen (secondary N) is 2. The van der Waals surface area contributed by atoms with Gasteiger partial charge in [-0.15, -0.1) is 0 Å². The highest BCUT2D eigenvalue weighted by molar-refractivity contribution is 6.33. The van der Waals surface area contributed by atoms with Crippen molar-refractivity contribution in [2.45, 2.75) is 0 Å². The average Bonchev–Trinajstić information content (AvgIpc) is 2.71. The summed E-state index contributed by atoms with van der Waals surface area (Å²) in [5, 5.41) is 16.9. The number of piperazine rings is 1. The average molecular weight is 432 g/mol. The molecule has 2 aromatic rings. The molecule has 0 saturated carbocycles. The van der Waals surface area contributed by atoms with Gasteiger partial charge in [-0.2, -0.15) is 0 Å². The molecule has 1 heterocycles. The molecule has 0 unspecified atom stereocenters. The smallest absolute Gasteiger partial charge is 0.292 e. The van der Waals surface area contributed by atoms with E-state index in [1.54, 1.807) is 36.4 Å². The Morgan fingerprint density at radius 1 is 0.867 bits per heavy atom. The Morgan fingerprint density at radius 2 is 1.33 bits per heavy atom. The topological polar surface area (TPSA) is 108 Å². The van der Waals surface area contributed by atoms with Crippen LogP contribution in [0.15, 0.2) is 48.5 Å². The van der Waals surface area contributed by atoms with Gasteiger partial charge in [0.05, 0.1) is 28.7 Å². The van der Waals surface area contributed by atoms with Crippen molar-refractivity contribution in [2.75, 3.05) is 49.9 Å². The summed E-state index contributed by atoms with van der Waals surface area (Å²) in [6.07, 6.45) is 0. The van der Waals surface area contributed by atoms with Gasteiger partial charge in [0.2, 0.25) is 11.8 Å². The highest BCUT2D eigenvalue weighted by atomic mass is 35.5. The number of para-hydroxylation sites is 3. The van der Waals surface area contributed by atoms with Crippen LogP contribution in [0.5, 0.6) is 0 Å². The van der Waals surface area contributed by atoms with Gasteiger partial charge in [0.25, 0.3) is 5.69 Å². The molecule has 2 amide bonds. The molecule has 3 rings (SSSR count). The van der Waals surface area contributed by atoms with Gasteiger partial charge in [-0.05, 0) is 18.2 Å². The zero-order chi connectivity index (χ0) is 21.5. The first-order chi connectivity index (χ1) is 14.4. The van der Waals surface area contributed by atoms with Gasteiger partial charge >= 0.3 is 0 Å². The minimum absolute atomic E-state index is 0.131. The SMILES string of the molecule is O=C(CN1CCN(CC(=O)Nc2ccccc2[N+](=O)[O-])CC1)Nc1ccccc1Cl. The van der Waals surface area contributed by atoms with E-state index in [4.69, 9.17) is 11.6 Å². The van der Waals surface area contributed by atoms with Crippen LogP contribution in [-0.2, 0) is 9.59 Å². The Morgan fingerprint density at radius 3 is 1.87 bits per heavy atom. The molecule has 9 nitrogen and oxygen atoms in total. The van der Waals surface area contributed by atoms with E-state index >= 15 is 0 Å². The number of hydrogen-bond acceptors (Lipinski definition) is 6. The van der Waals surface area contributed by atoms with Gasteiger partial charge in [0, 0.05) is 32.2 Å². The normalized spacial score (nSPS) is 14.8. The number of nitro benzene ring substituents is 1. The number of halogens is 1. The largest absolute Gasteiger partial charge is 0.324 e. The van der Waals surface area contributed by atoms with Crippen molar-refractivity contribution in [3.8, 4) is 0 Å². The lowest BCUT2D eigenvalue weighted by atomic mass is 10.2. The Kier molecular flexibility index (Phi) is 7.34. The maximum Gasteiger partial charge on any atom is 0.292 e. The summed E-state index contributed by atoms with van der Waals surface area (Å²) >= 11 is 6.05. The third-order valence-corrected chi connectivity index (χ3v) is 5.05. The fraction of sp³-hybridized carbons (Fsp3) is 0.300. The quantitative estimate of drug-likeness (QED) is 0.515. The highest BCUT2D eigenvalue weighted by Crippen LogP contribution is 2.23. The van der Waals surface area contributed by atoms with E-state index in [1.165, 1.54) is 12.1 Å². The lowest BCUT2D eigenvalue weighted by Gasteiger charge is -2.33. The number of anilines is 2. The lowest BCUT2D eigenvalue weighted by molar-refractivity contribution is -0.383. The van der Waals surface area contributed by atoms with E-state index in [2.05, 4.69) is 10.6 Å². The highest BCUT2D eigenvalue weighted by Gasteiger charge is 2.22. The fourth-order valence-electron chi connectivity index (χ4n) is 3.19. The summed E-state index contributed by atoms with van der Waals surface area (Å²) in [6, 6.07) is 13.1. The number of rotatable bonds is 7. The van der Waals surface area contributed by atoms with Gasteiger partial charge in [-0.3, -0.25) is 29.5 Å². The molecular formula is C20H22ClN5O4. The van der Waals surface area contributed by atoms with Gasteiger partial charge in [0.1, 0.15) is 5.69 Å². The maximum absolute atomic E-state index is 12.3. The van der Waals surface area contributed by atoms with Gasteiger partial charge in [-0.1, -0.05) is 35.9 Å². The Balaban J connectivity index is 1.43. The van der Waals surface area contributed by atoms with Crippen LogP contribution < -0.4 is 10.6 Å². The second-order valence-electron chi connectivity index (χ2n) is 6.90. The van der Waals surface area contributed by atoms with Crippen molar-refractivity contribution >= 4 is 40.5 Å². The van der Waals surface area contributed by atoms with Crippen LogP contribution in [0.1, 0.15) is 0 Å². The molecule has 0 aliphatic carbocycles. The predicted octanol–water partition coefficient (Wildman–Crippen LogP) is 2.44. The van der Waals surface area contributed by atoms with Crippen LogP contribution in [0.2, 0.25) is 5.02 Å². The van der Waals surface area contributed by atoms with E-state index < -0.39 is 4.92 Å². The minimum atomic E-state index is -0.526. The standard InChI is InChI=1S/C20H22ClN5O4/c21-15-5-1-2-6-16(15)22-19(27)13-24-9-11-25(12-10-24)14-20(28)23-17-7-3-4-8-18(17)26(29)30/h1-8H,9-14H2,(H,22,27)(H,23,28). The number of nitrogens with zero attached hydrogens (tertiary/aromatic N) is 3. The first-order valence-corrected chi connectivity index (χ1v) is 9.82. The van der Waals surface area contributed by atoms with Crippen molar-refractivity contribution in [2.24, 2.45) is 0 Å². The van der Waals surface area contributed by atoms with Gasteiger partial charge in [-0.25, -0.2) is 0 Å². The monoisotopic (exact) mass is 431 g/mol. The van der Waals surface area contributed by atoms with Crippen molar-refractivity contribution in [1.29, 1.82) is 0 Å². The van der Waals surface area contributed by atoms with Crippen molar-refractivity contribution < 1.29 is 14.5 Å². The number of hydrogen-bond donors (Lipinski definition) is 2. The Bertz CT molecular complexity index is 931. The molecule has 30 heavy (non-hydrogen) atoms. The predicted molar refractivity (Wildman–Crippen MR) is 115 cm³/mol. The zero-order valence-electron chi connectivity index (χ0n) is 16.2. The Hall–Kier alpha value is -3.01. The molecule has 1 saturated heterocycles. The van der Waals surface area contributed by atoms with Crippen molar-refractivity contribution in [3.63, 3.8) is 0 Å². The summed E-state index contributed by atoms with van der Waals surface area (Å²) in [7, 11) is 0. The lowest BCUT2D eigenvalue weighted by Crippen LogP contribution is -2.50. The van der Waals surface area contributed by atoms with Crippen LogP contribution in [0.25, 0.3) is 0 Å². The van der Waals surface area contributed by atoms with Crippen molar-refractivity contribution in [1.82, 2.24) is 9.80 Å². The second-order valence-corrected chi connectivity index (χ2v) is 7.31. The van der Waals surface area contributed by atoms with E-state index in [-0.39, 0.29) is 36.3 Å². The molecule has 2 N–H and O–H groups in total. The Labute approximate surface area is 178 Å². The number of benzene rings is 2. The van der Waals surface area contributed by atoms with Crippen LogP contribution in [0.3, 0.4) is 0 Å². The summed E-state index contributed by atoms with van der Waals surface area (Å²) in [6.45, 7) is 2.87. The van der Waals surface area contributed by atoms with Crippen LogP contribution in [-0.4, -0.2) is 65.8 Å². The molecule has 0 bridgehead atoms.